The molecule has 1 unspecified atom stereocenters. The highest BCUT2D eigenvalue weighted by Crippen LogP contribution is 2.20. The third-order valence-corrected chi connectivity index (χ3v) is 4.70. The number of carbonyl (C=O) groups is 1. The monoisotopic (exact) mass is 400 g/mol. The lowest BCUT2D eigenvalue weighted by Gasteiger charge is -2.13. The summed E-state index contributed by atoms with van der Waals surface area (Å²) in [6.07, 6.45) is 2.22. The predicted molar refractivity (Wildman–Crippen MR) is 106 cm³/mol. The van der Waals surface area contributed by atoms with Crippen LogP contribution in [0.1, 0.15) is 30.6 Å². The molecule has 0 saturated heterocycles. The van der Waals surface area contributed by atoms with E-state index in [0.29, 0.717) is 29.6 Å². The first-order chi connectivity index (χ1) is 13.9. The Balaban J connectivity index is 1.82. The van der Waals surface area contributed by atoms with Gasteiger partial charge in [0.1, 0.15) is 12.4 Å². The number of fused-ring (bicyclic) bond motifs is 1. The lowest BCUT2D eigenvalue weighted by molar-refractivity contribution is -0.142. The summed E-state index contributed by atoms with van der Waals surface area (Å²) in [5.74, 6) is -0.248. The summed E-state index contributed by atoms with van der Waals surface area (Å²) in [6.45, 7) is 4.05. The van der Waals surface area contributed by atoms with Gasteiger partial charge in [0.05, 0.1) is 42.5 Å². The van der Waals surface area contributed by atoms with Gasteiger partial charge in [-0.05, 0) is 38.0 Å². The van der Waals surface area contributed by atoms with Crippen molar-refractivity contribution in [1.82, 2.24) is 19.6 Å². The Bertz CT molecular complexity index is 1060. The fraction of sp³-hybridized carbons (Fsp3) is 0.400. The number of ether oxygens (including phenoxy) is 2. The molecule has 2 heterocycles. The van der Waals surface area contributed by atoms with Crippen LogP contribution in [0.3, 0.4) is 0 Å². The lowest BCUT2D eigenvalue weighted by atomic mass is 10.2. The third-order valence-electron chi connectivity index (χ3n) is 4.70. The van der Waals surface area contributed by atoms with E-state index in [9.17, 15) is 9.59 Å². The fourth-order valence-electron chi connectivity index (χ4n) is 3.15. The largest absolute Gasteiger partial charge is 0.497 e. The molecule has 3 aromatic rings. The van der Waals surface area contributed by atoms with Gasteiger partial charge in [-0.2, -0.15) is 10.2 Å². The molecule has 0 saturated carbocycles. The highest BCUT2D eigenvalue weighted by atomic mass is 16.5. The minimum absolute atomic E-state index is 0.0707. The first-order valence-corrected chi connectivity index (χ1v) is 9.28. The van der Waals surface area contributed by atoms with Crippen molar-refractivity contribution < 1.29 is 19.4 Å². The molecule has 2 aromatic heterocycles. The zero-order valence-corrected chi connectivity index (χ0v) is 16.7. The topological polar surface area (TPSA) is 108 Å². The second kappa shape index (κ2) is 8.87. The quantitative estimate of drug-likeness (QED) is 0.547. The molecule has 29 heavy (non-hydrogen) atoms. The molecule has 9 nitrogen and oxygen atoms in total. The average Bonchev–Trinajstić information content (AvgIpc) is 3.05. The van der Waals surface area contributed by atoms with Crippen LogP contribution in [-0.2, 0) is 16.1 Å². The molecular formula is C20H24N4O5. The number of hydrogen-bond acceptors (Lipinski definition) is 6. The van der Waals surface area contributed by atoms with Gasteiger partial charge in [-0.3, -0.25) is 9.48 Å². The average molecular weight is 400 g/mol. The number of carboxylic acids is 1. The Kier molecular flexibility index (Phi) is 6.28. The summed E-state index contributed by atoms with van der Waals surface area (Å²) < 4.78 is 13.4. The van der Waals surface area contributed by atoms with Gasteiger partial charge >= 0.3 is 5.97 Å². The van der Waals surface area contributed by atoms with Gasteiger partial charge in [-0.15, -0.1) is 0 Å². The van der Waals surface area contributed by atoms with Crippen LogP contribution in [-0.4, -0.2) is 51.0 Å². The SMILES string of the molecule is COc1ccc(Cn2ncc3c(c(C)nn3C(C)CCOCC(=O)O)c2=O)cc1. The van der Waals surface area contributed by atoms with Gasteiger partial charge in [0.15, 0.2) is 0 Å². The summed E-state index contributed by atoms with van der Waals surface area (Å²) in [7, 11) is 1.61. The molecule has 0 radical (unpaired) electrons. The van der Waals surface area contributed by atoms with E-state index in [0.717, 1.165) is 11.3 Å². The Hall–Kier alpha value is -3.20. The van der Waals surface area contributed by atoms with Gasteiger partial charge in [0.25, 0.3) is 5.56 Å². The highest BCUT2D eigenvalue weighted by Gasteiger charge is 2.17. The summed E-state index contributed by atoms with van der Waals surface area (Å²) in [5, 5.41) is 18.0. The van der Waals surface area contributed by atoms with E-state index in [1.807, 2.05) is 31.2 Å². The Labute approximate surface area is 167 Å². The van der Waals surface area contributed by atoms with E-state index in [-0.39, 0.29) is 24.8 Å². The standard InChI is InChI=1S/C20H24N4O5/c1-13(8-9-29-12-18(25)26)24-17-10-21-23(20(27)19(17)14(2)22-24)11-15-4-6-16(28-3)7-5-15/h4-7,10,13H,8-9,11-12H2,1-3H3,(H,25,26). The fourth-order valence-corrected chi connectivity index (χ4v) is 3.15. The van der Waals surface area contributed by atoms with Crippen LogP contribution in [0.25, 0.3) is 10.9 Å². The molecule has 0 bridgehead atoms. The van der Waals surface area contributed by atoms with E-state index < -0.39 is 5.97 Å². The van der Waals surface area contributed by atoms with Crippen molar-refractivity contribution in [2.45, 2.75) is 32.9 Å². The number of benzene rings is 1. The molecule has 3 rings (SSSR count). The number of aryl methyl sites for hydroxylation is 1. The predicted octanol–water partition coefficient (Wildman–Crippen LogP) is 2.01. The maximum absolute atomic E-state index is 13.0. The van der Waals surface area contributed by atoms with Gasteiger partial charge in [0, 0.05) is 6.61 Å². The van der Waals surface area contributed by atoms with Crippen molar-refractivity contribution in [3.8, 4) is 5.75 Å². The van der Waals surface area contributed by atoms with Crippen LogP contribution < -0.4 is 10.3 Å². The van der Waals surface area contributed by atoms with Gasteiger partial charge in [-0.1, -0.05) is 12.1 Å². The molecule has 0 aliphatic heterocycles. The van der Waals surface area contributed by atoms with Crippen molar-refractivity contribution >= 4 is 16.9 Å². The number of nitrogens with zero attached hydrogens (tertiary/aromatic N) is 4. The highest BCUT2D eigenvalue weighted by molar-refractivity contribution is 5.80. The second-order valence-electron chi connectivity index (χ2n) is 6.83. The van der Waals surface area contributed by atoms with Crippen molar-refractivity contribution in [3.05, 3.63) is 52.1 Å². The van der Waals surface area contributed by atoms with Crippen LogP contribution in [0.5, 0.6) is 5.75 Å². The molecule has 0 spiro atoms. The van der Waals surface area contributed by atoms with E-state index in [1.54, 1.807) is 24.9 Å². The first-order valence-electron chi connectivity index (χ1n) is 9.28. The zero-order chi connectivity index (χ0) is 21.0. The van der Waals surface area contributed by atoms with Crippen LogP contribution in [0, 0.1) is 6.92 Å². The van der Waals surface area contributed by atoms with E-state index in [2.05, 4.69) is 10.2 Å². The normalized spacial score (nSPS) is 12.2. The summed E-state index contributed by atoms with van der Waals surface area (Å²) >= 11 is 0. The van der Waals surface area contributed by atoms with Gasteiger partial charge in [0.2, 0.25) is 0 Å². The number of aromatic nitrogens is 4. The Morgan fingerprint density at radius 2 is 2.00 bits per heavy atom. The summed E-state index contributed by atoms with van der Waals surface area (Å²) in [5.41, 5.74) is 2.03. The van der Waals surface area contributed by atoms with Crippen molar-refractivity contribution in [2.75, 3.05) is 20.3 Å². The summed E-state index contributed by atoms with van der Waals surface area (Å²) in [6, 6.07) is 7.41. The van der Waals surface area contributed by atoms with E-state index in [4.69, 9.17) is 14.6 Å². The van der Waals surface area contributed by atoms with Crippen molar-refractivity contribution in [1.29, 1.82) is 0 Å². The minimum Gasteiger partial charge on any atom is -0.497 e. The Morgan fingerprint density at radius 3 is 2.66 bits per heavy atom. The Morgan fingerprint density at radius 1 is 1.28 bits per heavy atom. The van der Waals surface area contributed by atoms with E-state index >= 15 is 0 Å². The molecule has 1 N–H and O–H groups in total. The van der Waals surface area contributed by atoms with Crippen LogP contribution in [0.4, 0.5) is 0 Å². The number of methoxy groups -OCH3 is 1. The molecule has 1 atom stereocenters. The molecule has 0 aliphatic rings. The molecule has 0 aliphatic carbocycles. The third kappa shape index (κ3) is 4.62. The number of hydrogen-bond donors (Lipinski definition) is 1. The number of carboxylic acid groups (broad SMARTS) is 1. The lowest BCUT2D eigenvalue weighted by Crippen LogP contribution is -2.23. The van der Waals surface area contributed by atoms with Crippen LogP contribution >= 0.6 is 0 Å². The smallest absolute Gasteiger partial charge is 0.329 e. The molecule has 0 fully saturated rings. The number of aliphatic carboxylic acids is 1. The van der Waals surface area contributed by atoms with Crippen LogP contribution in [0.2, 0.25) is 0 Å². The second-order valence-corrected chi connectivity index (χ2v) is 6.83. The number of rotatable bonds is 9. The maximum Gasteiger partial charge on any atom is 0.329 e. The molecule has 9 heteroatoms. The maximum atomic E-state index is 13.0. The minimum atomic E-state index is -1.00. The van der Waals surface area contributed by atoms with Gasteiger partial charge in [-0.25, -0.2) is 9.48 Å². The van der Waals surface area contributed by atoms with Gasteiger partial charge < -0.3 is 14.6 Å². The molecule has 0 amide bonds. The molecule has 154 valence electrons. The molecular weight excluding hydrogens is 376 g/mol. The molecule has 1 aromatic carbocycles. The van der Waals surface area contributed by atoms with Crippen molar-refractivity contribution in [3.63, 3.8) is 0 Å². The van der Waals surface area contributed by atoms with Crippen molar-refractivity contribution in [2.24, 2.45) is 0 Å². The first kappa shape index (κ1) is 20.5. The summed E-state index contributed by atoms with van der Waals surface area (Å²) in [4.78, 5) is 23.5. The zero-order valence-electron chi connectivity index (χ0n) is 16.7. The van der Waals surface area contributed by atoms with Crippen LogP contribution in [0.15, 0.2) is 35.3 Å². The van der Waals surface area contributed by atoms with E-state index in [1.165, 1.54) is 4.68 Å².